The van der Waals surface area contributed by atoms with Crippen LogP contribution in [0.5, 0.6) is 0 Å². The molecule has 0 aromatic carbocycles. The second-order valence-corrected chi connectivity index (χ2v) is 9.76. The number of nitrogens with two attached hydrogens (primary N) is 1. The molecule has 2 aromatic rings. The Kier molecular flexibility index (Phi) is 7.63. The van der Waals surface area contributed by atoms with E-state index in [9.17, 15) is 9.46 Å². The second kappa shape index (κ2) is 10.4. The highest BCUT2D eigenvalue weighted by Crippen LogP contribution is 2.61. The molecule has 6 atom stereocenters. The van der Waals surface area contributed by atoms with Gasteiger partial charge in [0.05, 0.1) is 25.5 Å². The van der Waals surface area contributed by atoms with Crippen LogP contribution in [0.4, 0.5) is 11.8 Å². The number of imidazole rings is 1. The van der Waals surface area contributed by atoms with Crippen LogP contribution in [0, 0.1) is 18.3 Å². The van der Waals surface area contributed by atoms with Crippen LogP contribution >= 0.6 is 7.82 Å². The SMILES string of the molecule is C#C[C@H]1CC2(C[C@@H]2OP(=O)(O)OCC(COCC)OCC)O[C@H]1n1cnc2c(NC)nc(N)nc21. The van der Waals surface area contributed by atoms with Crippen molar-refractivity contribution in [2.24, 2.45) is 5.92 Å². The van der Waals surface area contributed by atoms with Crippen molar-refractivity contribution >= 4 is 30.8 Å². The van der Waals surface area contributed by atoms with E-state index in [1.807, 2.05) is 13.8 Å². The standard InChI is InChI=1S/C21H31N6O7P/c1-5-13-8-21(9-15(21)34-35(28,29)32-11-14(31-7-3)10-30-6-2)33-19(13)27-12-24-16-17(23-4)25-20(22)26-18(16)27/h1,12-15,19H,6-11H2,2-4H3,(H,28,29)(H3,22,23,25,26)/t13-,14?,15-,19+,21?/m0/s1. The molecule has 1 aliphatic heterocycles. The quantitative estimate of drug-likeness (QED) is 0.280. The van der Waals surface area contributed by atoms with E-state index in [1.54, 1.807) is 17.9 Å². The normalized spacial score (nSPS) is 28.1. The van der Waals surface area contributed by atoms with Gasteiger partial charge >= 0.3 is 7.82 Å². The Morgan fingerprint density at radius 3 is 2.89 bits per heavy atom. The van der Waals surface area contributed by atoms with E-state index in [0.717, 1.165) is 0 Å². The number of phosphoric ester groups is 1. The highest BCUT2D eigenvalue weighted by Gasteiger charge is 2.65. The summed E-state index contributed by atoms with van der Waals surface area (Å²) in [6.07, 6.45) is 6.46. The minimum Gasteiger partial charge on any atom is -0.379 e. The predicted molar refractivity (Wildman–Crippen MR) is 126 cm³/mol. The van der Waals surface area contributed by atoms with Crippen molar-refractivity contribution in [1.29, 1.82) is 0 Å². The van der Waals surface area contributed by atoms with Gasteiger partial charge in [0.2, 0.25) is 5.95 Å². The van der Waals surface area contributed by atoms with Gasteiger partial charge in [0.1, 0.15) is 17.8 Å². The molecule has 1 spiro atoms. The molecule has 4 rings (SSSR count). The van der Waals surface area contributed by atoms with Gasteiger partial charge in [0, 0.05) is 26.7 Å². The van der Waals surface area contributed by atoms with Crippen molar-refractivity contribution in [3.05, 3.63) is 6.33 Å². The molecule has 35 heavy (non-hydrogen) atoms. The van der Waals surface area contributed by atoms with E-state index >= 15 is 0 Å². The lowest BCUT2D eigenvalue weighted by Crippen LogP contribution is -2.25. The third-order valence-corrected chi connectivity index (χ3v) is 6.98. The van der Waals surface area contributed by atoms with Gasteiger partial charge in [-0.2, -0.15) is 9.97 Å². The Hall–Kier alpha value is -2.30. The first-order valence-electron chi connectivity index (χ1n) is 11.4. The summed E-state index contributed by atoms with van der Waals surface area (Å²) in [7, 11) is -2.66. The van der Waals surface area contributed by atoms with Crippen LogP contribution in [0.3, 0.4) is 0 Å². The van der Waals surface area contributed by atoms with Crippen LogP contribution in [0.15, 0.2) is 6.33 Å². The molecule has 0 radical (unpaired) electrons. The molecular weight excluding hydrogens is 479 g/mol. The lowest BCUT2D eigenvalue weighted by Gasteiger charge is -2.20. The number of ether oxygens (including phenoxy) is 3. The summed E-state index contributed by atoms with van der Waals surface area (Å²) in [5.74, 6) is 2.97. The van der Waals surface area contributed by atoms with E-state index in [-0.39, 0.29) is 25.1 Å². The Labute approximate surface area is 203 Å². The summed E-state index contributed by atoms with van der Waals surface area (Å²) in [4.78, 5) is 23.1. The van der Waals surface area contributed by atoms with Gasteiger partial charge in [-0.3, -0.25) is 13.6 Å². The summed E-state index contributed by atoms with van der Waals surface area (Å²) in [5.41, 5.74) is 6.03. The average Bonchev–Trinajstić information content (AvgIpc) is 3.14. The maximum atomic E-state index is 12.6. The van der Waals surface area contributed by atoms with Crippen LogP contribution in [0.2, 0.25) is 0 Å². The van der Waals surface area contributed by atoms with Gasteiger partial charge in [-0.1, -0.05) is 5.92 Å². The molecule has 0 bridgehead atoms. The van der Waals surface area contributed by atoms with Gasteiger partial charge in [-0.05, 0) is 20.3 Å². The summed E-state index contributed by atoms with van der Waals surface area (Å²) in [6, 6.07) is 0. The van der Waals surface area contributed by atoms with Crippen LogP contribution in [-0.2, 0) is 27.8 Å². The molecule has 3 heterocycles. The lowest BCUT2D eigenvalue weighted by atomic mass is 10.0. The maximum absolute atomic E-state index is 12.6. The van der Waals surface area contributed by atoms with Crippen molar-refractivity contribution in [2.45, 2.75) is 50.7 Å². The molecule has 2 aliphatic rings. The van der Waals surface area contributed by atoms with E-state index in [0.29, 0.717) is 43.0 Å². The van der Waals surface area contributed by atoms with E-state index in [2.05, 4.69) is 26.2 Å². The Morgan fingerprint density at radius 2 is 2.20 bits per heavy atom. The van der Waals surface area contributed by atoms with E-state index in [4.69, 9.17) is 35.4 Å². The second-order valence-electron chi connectivity index (χ2n) is 8.35. The zero-order valence-electron chi connectivity index (χ0n) is 19.9. The van der Waals surface area contributed by atoms with Crippen LogP contribution in [-0.4, -0.2) is 75.7 Å². The first-order valence-corrected chi connectivity index (χ1v) is 12.9. The zero-order chi connectivity index (χ0) is 25.2. The van der Waals surface area contributed by atoms with Gasteiger partial charge in [0.15, 0.2) is 23.2 Å². The van der Waals surface area contributed by atoms with Gasteiger partial charge < -0.3 is 30.2 Å². The van der Waals surface area contributed by atoms with E-state index in [1.165, 1.54) is 0 Å². The molecule has 2 fully saturated rings. The number of anilines is 2. The zero-order valence-corrected chi connectivity index (χ0v) is 20.8. The summed E-state index contributed by atoms with van der Waals surface area (Å²) < 4.78 is 42.0. The third-order valence-electron chi connectivity index (χ3n) is 5.98. The molecule has 4 N–H and O–H groups in total. The molecule has 13 nitrogen and oxygen atoms in total. The molecule has 1 aliphatic carbocycles. The number of phosphoric acid groups is 1. The number of terminal acetylenes is 1. The Balaban J connectivity index is 1.44. The monoisotopic (exact) mass is 510 g/mol. The van der Waals surface area contributed by atoms with Crippen molar-refractivity contribution in [3.8, 4) is 12.3 Å². The number of aromatic nitrogens is 4. The number of nitrogens with one attached hydrogen (secondary N) is 1. The van der Waals surface area contributed by atoms with E-state index < -0.39 is 31.9 Å². The van der Waals surface area contributed by atoms with Gasteiger partial charge in [-0.25, -0.2) is 9.55 Å². The van der Waals surface area contributed by atoms with Crippen LogP contribution in [0.1, 0.15) is 32.9 Å². The fourth-order valence-electron chi connectivity index (χ4n) is 4.25. The summed E-state index contributed by atoms with van der Waals surface area (Å²) in [6.45, 7) is 4.69. The number of hydrogen-bond acceptors (Lipinski definition) is 11. The highest BCUT2D eigenvalue weighted by atomic mass is 31.2. The molecule has 1 saturated heterocycles. The summed E-state index contributed by atoms with van der Waals surface area (Å²) >= 11 is 0. The molecule has 1 saturated carbocycles. The number of rotatable bonds is 12. The highest BCUT2D eigenvalue weighted by molar-refractivity contribution is 7.47. The molecule has 2 aromatic heterocycles. The molecule has 14 heteroatoms. The smallest absolute Gasteiger partial charge is 0.379 e. The predicted octanol–water partition coefficient (Wildman–Crippen LogP) is 1.70. The van der Waals surface area contributed by atoms with Crippen molar-refractivity contribution in [1.82, 2.24) is 19.5 Å². The summed E-state index contributed by atoms with van der Waals surface area (Å²) in [5, 5.41) is 2.94. The minimum atomic E-state index is -4.37. The average molecular weight is 510 g/mol. The Morgan fingerprint density at radius 1 is 1.40 bits per heavy atom. The maximum Gasteiger partial charge on any atom is 0.472 e. The number of fused-ring (bicyclic) bond motifs is 1. The molecule has 3 unspecified atom stereocenters. The Bertz CT molecular complexity index is 1140. The largest absolute Gasteiger partial charge is 0.472 e. The number of nitrogen functional groups attached to an aromatic ring is 1. The van der Waals surface area contributed by atoms with Crippen LogP contribution in [0.25, 0.3) is 11.2 Å². The molecule has 192 valence electrons. The van der Waals surface area contributed by atoms with Crippen molar-refractivity contribution < 1.29 is 32.7 Å². The molecule has 0 amide bonds. The molecular formula is C21H31N6O7P. The lowest BCUT2D eigenvalue weighted by molar-refractivity contribution is -0.0476. The topological polar surface area (TPSA) is 165 Å². The number of hydrogen-bond donors (Lipinski definition) is 3. The van der Waals surface area contributed by atoms with Gasteiger partial charge in [-0.15, -0.1) is 6.42 Å². The first kappa shape index (κ1) is 25.8. The third kappa shape index (κ3) is 5.44. The van der Waals surface area contributed by atoms with Crippen LogP contribution < -0.4 is 11.1 Å². The first-order chi connectivity index (χ1) is 16.8. The van der Waals surface area contributed by atoms with Crippen molar-refractivity contribution in [2.75, 3.05) is 44.5 Å². The fourth-order valence-corrected chi connectivity index (χ4v) is 5.26. The van der Waals surface area contributed by atoms with Crippen molar-refractivity contribution in [3.63, 3.8) is 0 Å². The fraction of sp³-hybridized carbons (Fsp3) is 0.667. The van der Waals surface area contributed by atoms with Gasteiger partial charge in [0.25, 0.3) is 0 Å². The minimum absolute atomic E-state index is 0.0780. The number of nitrogens with zero attached hydrogens (tertiary/aromatic N) is 4.